The minimum atomic E-state index is -1.11. The largest absolute Gasteiger partial charge is 0.481 e. The Hall–Kier alpha value is -3.62. The maximum absolute atomic E-state index is 12.8. The van der Waals surface area contributed by atoms with Crippen molar-refractivity contribution in [2.24, 2.45) is 0 Å². The molecule has 0 heterocycles. The molecule has 0 saturated carbocycles. The van der Waals surface area contributed by atoms with E-state index in [2.05, 4.69) is 26.6 Å². The lowest BCUT2D eigenvalue weighted by Crippen LogP contribution is -2.50. The van der Waals surface area contributed by atoms with Crippen LogP contribution < -0.4 is 26.6 Å². The molecule has 0 aromatic heterocycles. The summed E-state index contributed by atoms with van der Waals surface area (Å²) in [6.07, 6.45) is -2.18. The lowest BCUT2D eigenvalue weighted by molar-refractivity contribution is -0.155. The first kappa shape index (κ1) is 39.4. The number of carbonyl (C=O) groups is 6. The molecule has 0 spiro atoms. The van der Waals surface area contributed by atoms with Gasteiger partial charge in [0.25, 0.3) is 0 Å². The van der Waals surface area contributed by atoms with Crippen LogP contribution in [0.25, 0.3) is 0 Å². The summed E-state index contributed by atoms with van der Waals surface area (Å²) in [5.41, 5.74) is -2.26. The third-order valence-electron chi connectivity index (χ3n) is 4.92. The highest BCUT2D eigenvalue weighted by atomic mass is 16.6. The lowest BCUT2D eigenvalue weighted by atomic mass is 10.1. The average molecular weight is 618 g/mol. The van der Waals surface area contributed by atoms with Gasteiger partial charge in [0.1, 0.15) is 28.9 Å². The molecule has 6 N–H and O–H groups in total. The van der Waals surface area contributed by atoms with Crippen molar-refractivity contribution >= 4 is 35.9 Å². The number of hydrogen-bond acceptors (Lipinski definition) is 10. The van der Waals surface area contributed by atoms with E-state index in [1.54, 1.807) is 62.3 Å². The van der Waals surface area contributed by atoms with Crippen molar-refractivity contribution in [1.82, 2.24) is 26.6 Å². The van der Waals surface area contributed by atoms with E-state index < -0.39 is 64.8 Å². The third kappa shape index (κ3) is 22.6. The number of esters is 1. The smallest absolute Gasteiger partial charge is 0.408 e. The number of carboxylic acid groups (broad SMARTS) is 1. The second-order valence-electron chi connectivity index (χ2n) is 12.8. The molecular formula is C28H51N5O10. The Morgan fingerprint density at radius 3 is 1.30 bits per heavy atom. The van der Waals surface area contributed by atoms with Crippen molar-refractivity contribution in [3.05, 3.63) is 0 Å². The van der Waals surface area contributed by atoms with Crippen LogP contribution in [0.4, 0.5) is 9.59 Å². The number of alkyl carbamates (subject to hydrolysis) is 2. The van der Waals surface area contributed by atoms with Crippen LogP contribution in [0.3, 0.4) is 0 Å². The highest BCUT2D eigenvalue weighted by Gasteiger charge is 2.27. The maximum Gasteiger partial charge on any atom is 0.408 e. The standard InChI is InChI=1S/C28H51N5O10/c1-26(2,3)41-21(36)13-11-19(33-25(40)43-28(7,8)9)23(38)31-17-15-29-14-16-30-22(37)18(10-12-20(34)35)32-24(39)42-27(4,5)6/h18-19,29H,10-17H2,1-9H3,(H,30,37)(H,31,38)(H,32,39)(H,33,40)(H,34,35)/t18-,19-/m0/s1. The summed E-state index contributed by atoms with van der Waals surface area (Å²) in [6, 6.07) is -2.14. The van der Waals surface area contributed by atoms with Crippen LogP contribution in [0.2, 0.25) is 0 Å². The predicted molar refractivity (Wildman–Crippen MR) is 157 cm³/mol. The van der Waals surface area contributed by atoms with Gasteiger partial charge in [-0.1, -0.05) is 0 Å². The minimum Gasteiger partial charge on any atom is -0.481 e. The van der Waals surface area contributed by atoms with Crippen LogP contribution in [0.15, 0.2) is 0 Å². The summed E-state index contributed by atoms with van der Waals surface area (Å²) in [5.74, 6) is -2.70. The lowest BCUT2D eigenvalue weighted by Gasteiger charge is -2.24. The fourth-order valence-corrected chi connectivity index (χ4v) is 3.28. The molecule has 2 atom stereocenters. The SMILES string of the molecule is CC(C)(C)OC(=O)CC[C@H](NC(=O)OC(C)(C)C)C(=O)NCCNCCNC(=O)[C@H](CCC(=O)O)NC(=O)OC(C)(C)C. The van der Waals surface area contributed by atoms with Gasteiger partial charge < -0.3 is 45.9 Å². The number of hydrogen-bond donors (Lipinski definition) is 6. The van der Waals surface area contributed by atoms with E-state index in [1.807, 2.05) is 0 Å². The normalized spacial score (nSPS) is 13.1. The molecule has 43 heavy (non-hydrogen) atoms. The summed E-state index contributed by atoms with van der Waals surface area (Å²) in [6.45, 7) is 16.2. The van der Waals surface area contributed by atoms with E-state index in [1.165, 1.54) is 0 Å². The summed E-state index contributed by atoms with van der Waals surface area (Å²) in [5, 5.41) is 22.2. The van der Waals surface area contributed by atoms with Gasteiger partial charge in [-0.25, -0.2) is 9.59 Å². The molecule has 15 heteroatoms. The fraction of sp³-hybridized carbons (Fsp3) is 0.786. The van der Waals surface area contributed by atoms with Crippen LogP contribution >= 0.6 is 0 Å². The predicted octanol–water partition coefficient (Wildman–Crippen LogP) is 1.58. The molecule has 0 aliphatic carbocycles. The van der Waals surface area contributed by atoms with Gasteiger partial charge in [0.15, 0.2) is 0 Å². The second-order valence-corrected chi connectivity index (χ2v) is 12.8. The van der Waals surface area contributed by atoms with Crippen molar-refractivity contribution in [2.45, 2.75) is 117 Å². The van der Waals surface area contributed by atoms with Crippen molar-refractivity contribution in [1.29, 1.82) is 0 Å². The molecule has 248 valence electrons. The van der Waals surface area contributed by atoms with E-state index in [0.29, 0.717) is 13.1 Å². The summed E-state index contributed by atoms with van der Waals surface area (Å²) in [4.78, 5) is 72.7. The van der Waals surface area contributed by atoms with Gasteiger partial charge in [0, 0.05) is 39.0 Å². The summed E-state index contributed by atoms with van der Waals surface area (Å²) >= 11 is 0. The molecular weight excluding hydrogens is 566 g/mol. The zero-order valence-electron chi connectivity index (χ0n) is 26.9. The van der Waals surface area contributed by atoms with Gasteiger partial charge >= 0.3 is 24.1 Å². The van der Waals surface area contributed by atoms with Crippen molar-refractivity contribution in [2.75, 3.05) is 26.2 Å². The Morgan fingerprint density at radius 1 is 0.581 bits per heavy atom. The number of rotatable bonds is 16. The highest BCUT2D eigenvalue weighted by molar-refractivity contribution is 5.87. The van der Waals surface area contributed by atoms with Crippen LogP contribution in [-0.2, 0) is 33.4 Å². The zero-order chi connectivity index (χ0) is 33.4. The Bertz CT molecular complexity index is 951. The number of amides is 4. The third-order valence-corrected chi connectivity index (χ3v) is 4.92. The van der Waals surface area contributed by atoms with Crippen LogP contribution in [0.1, 0.15) is 88.0 Å². The van der Waals surface area contributed by atoms with Crippen molar-refractivity contribution < 1.29 is 48.1 Å². The monoisotopic (exact) mass is 617 g/mol. The van der Waals surface area contributed by atoms with Crippen molar-refractivity contribution in [3.63, 3.8) is 0 Å². The Morgan fingerprint density at radius 2 is 0.953 bits per heavy atom. The van der Waals surface area contributed by atoms with Crippen LogP contribution in [-0.4, -0.2) is 96.1 Å². The molecule has 0 aliphatic rings. The quantitative estimate of drug-likeness (QED) is 0.0831. The number of aliphatic carboxylic acids is 1. The number of carboxylic acids is 1. The molecule has 0 saturated heterocycles. The first-order valence-corrected chi connectivity index (χ1v) is 14.3. The van der Waals surface area contributed by atoms with E-state index in [4.69, 9.17) is 19.3 Å². The number of nitrogens with one attached hydrogen (secondary N) is 5. The molecule has 0 unspecified atom stereocenters. The molecule has 0 rings (SSSR count). The van der Waals surface area contributed by atoms with Gasteiger partial charge in [0.05, 0.1) is 0 Å². The average Bonchev–Trinajstić information content (AvgIpc) is 2.79. The summed E-state index contributed by atoms with van der Waals surface area (Å²) < 4.78 is 15.6. The fourth-order valence-electron chi connectivity index (χ4n) is 3.28. The Kier molecular flexibility index (Phi) is 16.6. The number of ether oxygens (including phenoxy) is 3. The Labute approximate surface area is 253 Å². The summed E-state index contributed by atoms with van der Waals surface area (Å²) in [7, 11) is 0. The van der Waals surface area contributed by atoms with Gasteiger partial charge in [-0.2, -0.15) is 0 Å². The zero-order valence-corrected chi connectivity index (χ0v) is 26.9. The molecule has 0 fully saturated rings. The molecule has 0 aromatic carbocycles. The molecule has 0 aromatic rings. The molecule has 0 aliphatic heterocycles. The first-order valence-electron chi connectivity index (χ1n) is 14.3. The van der Waals surface area contributed by atoms with E-state index in [0.717, 1.165) is 0 Å². The van der Waals surface area contributed by atoms with E-state index in [9.17, 15) is 28.8 Å². The van der Waals surface area contributed by atoms with Crippen LogP contribution in [0.5, 0.6) is 0 Å². The molecule has 0 bridgehead atoms. The van der Waals surface area contributed by atoms with Gasteiger partial charge in [-0.15, -0.1) is 0 Å². The minimum absolute atomic E-state index is 0.000173. The maximum atomic E-state index is 12.8. The van der Waals surface area contributed by atoms with Crippen molar-refractivity contribution in [3.8, 4) is 0 Å². The molecule has 4 amide bonds. The van der Waals surface area contributed by atoms with E-state index in [-0.39, 0.29) is 38.8 Å². The second kappa shape index (κ2) is 18.1. The molecule has 15 nitrogen and oxygen atoms in total. The van der Waals surface area contributed by atoms with Crippen LogP contribution in [0, 0.1) is 0 Å². The topological polar surface area (TPSA) is 210 Å². The first-order chi connectivity index (χ1) is 19.6. The highest BCUT2D eigenvalue weighted by Crippen LogP contribution is 2.12. The van der Waals surface area contributed by atoms with Gasteiger partial charge in [0.2, 0.25) is 11.8 Å². The number of carbonyl (C=O) groups excluding carboxylic acids is 5. The van der Waals surface area contributed by atoms with Gasteiger partial charge in [-0.3, -0.25) is 19.2 Å². The van der Waals surface area contributed by atoms with E-state index >= 15 is 0 Å². The molecule has 0 radical (unpaired) electrons. The Balaban J connectivity index is 4.77. The van der Waals surface area contributed by atoms with Gasteiger partial charge in [-0.05, 0) is 75.2 Å².